The summed E-state index contributed by atoms with van der Waals surface area (Å²) in [6, 6.07) is 13.4. The fourth-order valence-corrected chi connectivity index (χ4v) is 8.59. The molecule has 4 aromatic rings. The minimum atomic E-state index is -3.81. The Labute approximate surface area is 257 Å². The Morgan fingerprint density at radius 3 is 2.73 bits per heavy atom. The Kier molecular flexibility index (Phi) is 7.40. The first-order valence-corrected chi connectivity index (χ1v) is 17.0. The first-order valence-electron chi connectivity index (χ1n) is 15.6. The molecule has 4 heterocycles. The summed E-state index contributed by atoms with van der Waals surface area (Å²) in [6.07, 6.45) is 6.99. The minimum Gasteiger partial charge on any atom is -0.481 e. The molecule has 0 radical (unpaired) electrons. The van der Waals surface area contributed by atoms with Gasteiger partial charge < -0.3 is 10.0 Å². The third-order valence-electron chi connectivity index (χ3n) is 9.67. The van der Waals surface area contributed by atoms with Crippen LogP contribution in [0.25, 0.3) is 11.0 Å². The predicted octanol–water partition coefficient (Wildman–Crippen LogP) is 5.02. The van der Waals surface area contributed by atoms with E-state index in [0.717, 1.165) is 71.2 Å². The molecule has 0 spiro atoms. The molecule has 0 bridgehead atoms. The van der Waals surface area contributed by atoms with Crippen LogP contribution in [0.4, 0.5) is 5.82 Å². The van der Waals surface area contributed by atoms with Gasteiger partial charge in [-0.1, -0.05) is 29.5 Å². The average molecular weight is 615 g/mol. The number of benzene rings is 2. The Bertz CT molecular complexity index is 1850. The normalized spacial score (nSPS) is 20.6. The van der Waals surface area contributed by atoms with Crippen LogP contribution >= 0.6 is 0 Å². The van der Waals surface area contributed by atoms with Gasteiger partial charge in [0.2, 0.25) is 10.0 Å². The van der Waals surface area contributed by atoms with Crippen LogP contribution < -0.4 is 4.90 Å². The summed E-state index contributed by atoms with van der Waals surface area (Å²) in [4.78, 5) is 19.1. The van der Waals surface area contributed by atoms with Crippen LogP contribution in [0.2, 0.25) is 0 Å². The largest absolute Gasteiger partial charge is 0.481 e. The number of nitrogens with zero attached hydrogens (tertiary/aromatic N) is 6. The summed E-state index contributed by atoms with van der Waals surface area (Å²) in [7, 11) is -3.81. The topological polar surface area (TPSA) is 122 Å². The summed E-state index contributed by atoms with van der Waals surface area (Å²) in [5.74, 6) is -0.119. The Morgan fingerprint density at radius 2 is 1.93 bits per heavy atom. The average Bonchev–Trinajstić information content (AvgIpc) is 3.75. The number of aryl methyl sites for hydroxylation is 2. The quantitative estimate of drug-likeness (QED) is 0.294. The van der Waals surface area contributed by atoms with Crippen LogP contribution in [-0.4, -0.2) is 62.9 Å². The van der Waals surface area contributed by atoms with Crippen LogP contribution in [0.5, 0.6) is 0 Å². The van der Waals surface area contributed by atoms with Crippen LogP contribution in [0.15, 0.2) is 53.6 Å². The van der Waals surface area contributed by atoms with E-state index >= 15 is 0 Å². The van der Waals surface area contributed by atoms with Crippen molar-refractivity contribution in [3.63, 3.8) is 0 Å². The molecular weight excluding hydrogens is 576 g/mol. The molecule has 1 saturated carbocycles. The number of hydrogen-bond donors (Lipinski definition) is 1. The third-order valence-corrected chi connectivity index (χ3v) is 11.5. The standard InChI is InChI=1S/C33H38N6O4S/c1-21-8-11-24(28(17-31(40)41)27-12-13-29-32(22(27)2)35-36-39(29)18-23-9-10-23)16-25(21)19-37-20-26-6-3-4-15-38(26)33-30(44(37,42)43)7-5-14-34-33/h5,7-8,11-14,16,23,26,28H,3-4,6,9-10,15,17-20H2,1-2H3,(H,40,41)/t26-,28+/m1/s1. The van der Waals surface area contributed by atoms with E-state index in [9.17, 15) is 18.3 Å². The van der Waals surface area contributed by atoms with E-state index in [0.29, 0.717) is 18.3 Å². The van der Waals surface area contributed by atoms with Gasteiger partial charge in [-0.15, -0.1) is 5.10 Å². The van der Waals surface area contributed by atoms with Gasteiger partial charge in [0, 0.05) is 44.3 Å². The van der Waals surface area contributed by atoms with Crippen LogP contribution in [0, 0.1) is 19.8 Å². The lowest BCUT2D eigenvalue weighted by Gasteiger charge is -2.36. The second kappa shape index (κ2) is 11.3. The number of piperidine rings is 1. The summed E-state index contributed by atoms with van der Waals surface area (Å²) in [5, 5.41) is 18.9. The zero-order chi connectivity index (χ0) is 30.6. The van der Waals surface area contributed by atoms with Crippen molar-refractivity contribution in [2.45, 2.75) is 82.3 Å². The number of aliphatic carboxylic acids is 1. The van der Waals surface area contributed by atoms with E-state index in [1.165, 1.54) is 12.8 Å². The van der Waals surface area contributed by atoms with Gasteiger partial charge in [0.1, 0.15) is 16.2 Å². The highest BCUT2D eigenvalue weighted by atomic mass is 32.2. The molecular formula is C33H38N6O4S. The molecule has 7 rings (SSSR count). The van der Waals surface area contributed by atoms with Gasteiger partial charge in [-0.3, -0.25) is 4.79 Å². The van der Waals surface area contributed by atoms with Gasteiger partial charge >= 0.3 is 5.97 Å². The number of sulfonamides is 1. The molecule has 11 heteroatoms. The Morgan fingerprint density at radius 1 is 1.09 bits per heavy atom. The fourth-order valence-electron chi connectivity index (χ4n) is 6.98. The third kappa shape index (κ3) is 5.26. The Balaban J connectivity index is 1.25. The first-order chi connectivity index (χ1) is 21.2. The van der Waals surface area contributed by atoms with Gasteiger partial charge in [0.15, 0.2) is 0 Å². The smallest absolute Gasteiger partial charge is 0.304 e. The van der Waals surface area contributed by atoms with Gasteiger partial charge in [-0.2, -0.15) is 4.31 Å². The van der Waals surface area contributed by atoms with E-state index in [-0.39, 0.29) is 23.9 Å². The monoisotopic (exact) mass is 614 g/mol. The molecule has 2 fully saturated rings. The second-order valence-corrected chi connectivity index (χ2v) is 14.6. The molecule has 0 unspecified atom stereocenters. The number of carboxylic acids is 1. The predicted molar refractivity (Wildman–Crippen MR) is 167 cm³/mol. The summed E-state index contributed by atoms with van der Waals surface area (Å²) >= 11 is 0. The maximum Gasteiger partial charge on any atom is 0.304 e. The molecule has 10 nitrogen and oxygen atoms in total. The molecule has 1 N–H and O–H groups in total. The van der Waals surface area contributed by atoms with E-state index in [2.05, 4.69) is 20.2 Å². The molecule has 2 aromatic heterocycles. The Hall–Kier alpha value is -3.83. The van der Waals surface area contributed by atoms with Gasteiger partial charge in [0.05, 0.1) is 11.9 Å². The van der Waals surface area contributed by atoms with Crippen molar-refractivity contribution in [1.82, 2.24) is 24.3 Å². The van der Waals surface area contributed by atoms with Crippen molar-refractivity contribution >= 4 is 32.8 Å². The zero-order valence-corrected chi connectivity index (χ0v) is 26.0. The van der Waals surface area contributed by atoms with Crippen molar-refractivity contribution < 1.29 is 18.3 Å². The molecule has 3 aliphatic rings. The lowest BCUT2D eigenvalue weighted by atomic mass is 9.84. The van der Waals surface area contributed by atoms with Crippen molar-refractivity contribution in [3.8, 4) is 0 Å². The number of hydrogen-bond acceptors (Lipinski definition) is 7. The molecule has 1 saturated heterocycles. The van der Waals surface area contributed by atoms with Gasteiger partial charge in [0.25, 0.3) is 0 Å². The maximum absolute atomic E-state index is 14.1. The number of carboxylic acid groups (broad SMARTS) is 1. The second-order valence-electron chi connectivity index (χ2n) is 12.7. The molecule has 1 aliphatic carbocycles. The number of carbonyl (C=O) groups is 1. The van der Waals surface area contributed by atoms with E-state index in [1.54, 1.807) is 22.6 Å². The number of anilines is 1. The molecule has 2 aromatic carbocycles. The SMILES string of the molecule is Cc1ccc([C@H](CC(=O)O)c2ccc3c(nnn3CC3CC3)c2C)cc1CN1C[C@H]2CCCCN2c2ncccc2S1(=O)=O. The van der Waals surface area contributed by atoms with Crippen molar-refractivity contribution in [2.24, 2.45) is 5.92 Å². The number of rotatable bonds is 8. The minimum absolute atomic E-state index is 0.0561. The maximum atomic E-state index is 14.1. The molecule has 0 amide bonds. The molecule has 230 valence electrons. The summed E-state index contributed by atoms with van der Waals surface area (Å²) < 4.78 is 31.7. The molecule has 44 heavy (non-hydrogen) atoms. The van der Waals surface area contributed by atoms with Crippen molar-refractivity contribution in [1.29, 1.82) is 0 Å². The lowest BCUT2D eigenvalue weighted by molar-refractivity contribution is -0.137. The highest BCUT2D eigenvalue weighted by Crippen LogP contribution is 2.38. The van der Waals surface area contributed by atoms with Crippen molar-refractivity contribution in [3.05, 3.63) is 76.5 Å². The van der Waals surface area contributed by atoms with Crippen molar-refractivity contribution in [2.75, 3.05) is 18.0 Å². The molecule has 2 aliphatic heterocycles. The van der Waals surface area contributed by atoms with Crippen LogP contribution in [0.3, 0.4) is 0 Å². The van der Waals surface area contributed by atoms with Crippen LogP contribution in [-0.2, 0) is 27.9 Å². The highest BCUT2D eigenvalue weighted by Gasteiger charge is 2.39. The number of fused-ring (bicyclic) bond motifs is 4. The summed E-state index contributed by atoms with van der Waals surface area (Å²) in [6.45, 7) is 6.20. The van der Waals surface area contributed by atoms with E-state index in [4.69, 9.17) is 0 Å². The van der Waals surface area contributed by atoms with Gasteiger partial charge in [-0.25, -0.2) is 18.1 Å². The zero-order valence-electron chi connectivity index (χ0n) is 25.2. The van der Waals surface area contributed by atoms with Gasteiger partial charge in [-0.05, 0) is 97.9 Å². The number of pyridine rings is 1. The first kappa shape index (κ1) is 28.9. The summed E-state index contributed by atoms with van der Waals surface area (Å²) in [5.41, 5.74) is 6.26. The van der Waals surface area contributed by atoms with Crippen LogP contribution in [0.1, 0.15) is 72.3 Å². The molecule has 2 atom stereocenters. The number of aromatic nitrogens is 4. The highest BCUT2D eigenvalue weighted by molar-refractivity contribution is 7.89. The van der Waals surface area contributed by atoms with E-state index in [1.807, 2.05) is 48.9 Å². The lowest BCUT2D eigenvalue weighted by Crippen LogP contribution is -2.45. The van der Waals surface area contributed by atoms with E-state index < -0.39 is 21.9 Å². The fraction of sp³-hybridized carbons (Fsp3) is 0.455.